The molecule has 112 valence electrons. The third-order valence-corrected chi connectivity index (χ3v) is 3.23. The van der Waals surface area contributed by atoms with Crippen molar-refractivity contribution in [2.45, 2.75) is 25.8 Å². The van der Waals surface area contributed by atoms with Gasteiger partial charge in [-0.3, -0.25) is 4.98 Å². The summed E-state index contributed by atoms with van der Waals surface area (Å²) in [5, 5.41) is 11.7. The van der Waals surface area contributed by atoms with Gasteiger partial charge in [-0.15, -0.1) is 5.10 Å². The molecule has 0 fully saturated rings. The summed E-state index contributed by atoms with van der Waals surface area (Å²) in [7, 11) is 1.58. The van der Waals surface area contributed by atoms with Crippen LogP contribution in [0.3, 0.4) is 0 Å². The SMILES string of the molecule is CCCNC(Cc1cnccc1N)c1ccc(OC)nn1. The fourth-order valence-electron chi connectivity index (χ4n) is 2.05. The maximum atomic E-state index is 6.00. The Kier molecular flexibility index (Phi) is 5.45. The van der Waals surface area contributed by atoms with Crippen molar-refractivity contribution in [3.8, 4) is 5.88 Å². The second kappa shape index (κ2) is 7.54. The third-order valence-electron chi connectivity index (χ3n) is 3.23. The molecule has 0 aliphatic rings. The number of anilines is 1. The van der Waals surface area contributed by atoms with E-state index in [0.717, 1.165) is 36.3 Å². The molecular weight excluding hydrogens is 266 g/mol. The van der Waals surface area contributed by atoms with Crippen LogP contribution in [-0.4, -0.2) is 28.8 Å². The monoisotopic (exact) mass is 287 g/mol. The maximum absolute atomic E-state index is 6.00. The molecule has 0 bridgehead atoms. The van der Waals surface area contributed by atoms with Gasteiger partial charge in [-0.25, -0.2) is 0 Å². The Morgan fingerprint density at radius 1 is 1.29 bits per heavy atom. The minimum Gasteiger partial charge on any atom is -0.480 e. The first kappa shape index (κ1) is 15.2. The van der Waals surface area contributed by atoms with Gasteiger partial charge >= 0.3 is 0 Å². The van der Waals surface area contributed by atoms with Crippen LogP contribution in [0.2, 0.25) is 0 Å². The lowest BCUT2D eigenvalue weighted by Crippen LogP contribution is -2.25. The molecule has 1 atom stereocenters. The van der Waals surface area contributed by atoms with Crippen LogP contribution in [0, 0.1) is 0 Å². The van der Waals surface area contributed by atoms with Crippen molar-refractivity contribution in [3.63, 3.8) is 0 Å². The molecule has 6 nitrogen and oxygen atoms in total. The van der Waals surface area contributed by atoms with Crippen molar-refractivity contribution in [3.05, 3.63) is 41.9 Å². The summed E-state index contributed by atoms with van der Waals surface area (Å²) in [5.41, 5.74) is 8.61. The highest BCUT2D eigenvalue weighted by atomic mass is 16.5. The summed E-state index contributed by atoms with van der Waals surface area (Å²) < 4.78 is 5.04. The molecule has 3 N–H and O–H groups in total. The van der Waals surface area contributed by atoms with Crippen LogP contribution < -0.4 is 15.8 Å². The number of nitrogen functional groups attached to an aromatic ring is 1. The van der Waals surface area contributed by atoms with Gasteiger partial charge in [-0.05, 0) is 37.1 Å². The van der Waals surface area contributed by atoms with Crippen molar-refractivity contribution in [1.82, 2.24) is 20.5 Å². The lowest BCUT2D eigenvalue weighted by Gasteiger charge is -2.18. The molecule has 2 aromatic heterocycles. The van der Waals surface area contributed by atoms with Crippen LogP contribution in [0.5, 0.6) is 5.88 Å². The van der Waals surface area contributed by atoms with E-state index in [9.17, 15) is 0 Å². The lowest BCUT2D eigenvalue weighted by molar-refractivity contribution is 0.389. The molecule has 0 aromatic carbocycles. The van der Waals surface area contributed by atoms with E-state index in [0.29, 0.717) is 5.88 Å². The number of hydrogen-bond donors (Lipinski definition) is 2. The van der Waals surface area contributed by atoms with Gasteiger partial charge in [0.25, 0.3) is 0 Å². The number of nitrogens with two attached hydrogens (primary N) is 1. The Hall–Kier alpha value is -2.21. The summed E-state index contributed by atoms with van der Waals surface area (Å²) in [5.74, 6) is 0.508. The van der Waals surface area contributed by atoms with E-state index in [4.69, 9.17) is 10.5 Å². The average Bonchev–Trinajstić information content (AvgIpc) is 2.53. The van der Waals surface area contributed by atoms with E-state index in [2.05, 4.69) is 27.4 Å². The summed E-state index contributed by atoms with van der Waals surface area (Å²) in [6.07, 6.45) is 5.26. The van der Waals surface area contributed by atoms with Crippen LogP contribution in [-0.2, 0) is 6.42 Å². The topological polar surface area (TPSA) is 86.0 Å². The first-order valence-corrected chi connectivity index (χ1v) is 7.04. The Bertz CT molecular complexity index is 558. The highest BCUT2D eigenvalue weighted by Gasteiger charge is 2.15. The molecule has 0 aliphatic heterocycles. The quantitative estimate of drug-likeness (QED) is 0.807. The predicted octanol–water partition coefficient (Wildman–Crippen LogP) is 1.75. The van der Waals surface area contributed by atoms with E-state index >= 15 is 0 Å². The van der Waals surface area contributed by atoms with E-state index in [1.165, 1.54) is 0 Å². The van der Waals surface area contributed by atoms with Gasteiger partial charge in [0.15, 0.2) is 0 Å². The van der Waals surface area contributed by atoms with Crippen molar-refractivity contribution in [2.24, 2.45) is 0 Å². The van der Waals surface area contributed by atoms with E-state index < -0.39 is 0 Å². The van der Waals surface area contributed by atoms with Gasteiger partial charge in [0, 0.05) is 24.1 Å². The van der Waals surface area contributed by atoms with Crippen molar-refractivity contribution >= 4 is 5.69 Å². The highest BCUT2D eigenvalue weighted by Crippen LogP contribution is 2.20. The molecule has 21 heavy (non-hydrogen) atoms. The van der Waals surface area contributed by atoms with Gasteiger partial charge in [-0.1, -0.05) is 6.92 Å². The van der Waals surface area contributed by atoms with E-state index in [1.807, 2.05) is 18.2 Å². The minimum atomic E-state index is 0.0508. The van der Waals surface area contributed by atoms with Crippen molar-refractivity contribution in [2.75, 3.05) is 19.4 Å². The summed E-state index contributed by atoms with van der Waals surface area (Å²) >= 11 is 0. The fraction of sp³-hybridized carbons (Fsp3) is 0.400. The van der Waals surface area contributed by atoms with E-state index in [-0.39, 0.29) is 6.04 Å². The molecule has 2 heterocycles. The number of aromatic nitrogens is 3. The molecule has 6 heteroatoms. The molecule has 1 unspecified atom stereocenters. The van der Waals surface area contributed by atoms with Gasteiger partial charge in [0.05, 0.1) is 18.8 Å². The Labute approximate surface area is 124 Å². The molecule has 0 aliphatic carbocycles. The molecule has 2 rings (SSSR count). The number of hydrogen-bond acceptors (Lipinski definition) is 6. The normalized spacial score (nSPS) is 12.1. The van der Waals surface area contributed by atoms with Gasteiger partial charge < -0.3 is 15.8 Å². The standard InChI is InChI=1S/C15H21N5O/c1-3-7-18-14(9-11-10-17-8-6-12(11)16)13-4-5-15(21-2)20-19-13/h4-6,8,10,14,18H,3,7,9H2,1-2H3,(H2,16,17). The second-order valence-corrected chi connectivity index (χ2v) is 4.79. The Morgan fingerprint density at radius 2 is 2.14 bits per heavy atom. The number of nitrogens with one attached hydrogen (secondary N) is 1. The van der Waals surface area contributed by atoms with Crippen LogP contribution in [0.25, 0.3) is 0 Å². The zero-order valence-corrected chi connectivity index (χ0v) is 12.4. The molecule has 0 saturated heterocycles. The second-order valence-electron chi connectivity index (χ2n) is 4.79. The first-order chi connectivity index (χ1) is 10.2. The van der Waals surface area contributed by atoms with Crippen LogP contribution in [0.4, 0.5) is 5.69 Å². The zero-order valence-electron chi connectivity index (χ0n) is 12.4. The van der Waals surface area contributed by atoms with Crippen molar-refractivity contribution < 1.29 is 4.74 Å². The third kappa shape index (κ3) is 4.13. The summed E-state index contributed by atoms with van der Waals surface area (Å²) in [6.45, 7) is 3.03. The fourth-order valence-corrected chi connectivity index (χ4v) is 2.05. The lowest BCUT2D eigenvalue weighted by atomic mass is 10.0. The number of methoxy groups -OCH3 is 1. The first-order valence-electron chi connectivity index (χ1n) is 7.04. The smallest absolute Gasteiger partial charge is 0.233 e. The Morgan fingerprint density at radius 3 is 2.76 bits per heavy atom. The number of nitrogens with zero attached hydrogens (tertiary/aromatic N) is 3. The summed E-state index contributed by atoms with van der Waals surface area (Å²) in [4.78, 5) is 4.14. The minimum absolute atomic E-state index is 0.0508. The number of pyridine rings is 1. The highest BCUT2D eigenvalue weighted by molar-refractivity contribution is 5.45. The molecular formula is C15H21N5O. The molecule has 0 radical (unpaired) electrons. The molecule has 0 saturated carbocycles. The van der Waals surface area contributed by atoms with Gasteiger partial charge in [-0.2, -0.15) is 5.10 Å². The average molecular weight is 287 g/mol. The Balaban J connectivity index is 2.18. The number of ether oxygens (including phenoxy) is 1. The number of rotatable bonds is 7. The van der Waals surface area contributed by atoms with Crippen LogP contribution in [0.15, 0.2) is 30.6 Å². The predicted molar refractivity (Wildman–Crippen MR) is 82.0 cm³/mol. The van der Waals surface area contributed by atoms with Gasteiger partial charge in [0.2, 0.25) is 5.88 Å². The van der Waals surface area contributed by atoms with Crippen LogP contribution in [0.1, 0.15) is 30.6 Å². The molecule has 2 aromatic rings. The van der Waals surface area contributed by atoms with E-state index in [1.54, 1.807) is 19.5 Å². The van der Waals surface area contributed by atoms with Crippen LogP contribution >= 0.6 is 0 Å². The summed E-state index contributed by atoms with van der Waals surface area (Å²) in [6, 6.07) is 5.60. The molecule has 0 spiro atoms. The van der Waals surface area contributed by atoms with Gasteiger partial charge in [0.1, 0.15) is 0 Å². The molecule has 0 amide bonds. The van der Waals surface area contributed by atoms with Crippen molar-refractivity contribution in [1.29, 1.82) is 0 Å². The maximum Gasteiger partial charge on any atom is 0.233 e. The largest absolute Gasteiger partial charge is 0.480 e. The zero-order chi connectivity index (χ0) is 15.1.